The molecule has 1 aromatic carbocycles. The van der Waals surface area contributed by atoms with Gasteiger partial charge < -0.3 is 4.74 Å². The van der Waals surface area contributed by atoms with Crippen molar-refractivity contribution >= 4 is 23.3 Å². The Morgan fingerprint density at radius 1 is 1.45 bits per heavy atom. The van der Waals surface area contributed by atoms with Gasteiger partial charge in [-0.05, 0) is 26.0 Å². The summed E-state index contributed by atoms with van der Waals surface area (Å²) in [4.78, 5) is 26.4. The Hall–Kier alpha value is -2.28. The zero-order valence-electron chi connectivity index (χ0n) is 11.0. The SMILES string of the molecule is Cc1nc(COc2ccc(C=O)cc2[N+](=O)[O-])sc1C. The minimum Gasteiger partial charge on any atom is -0.479 e. The van der Waals surface area contributed by atoms with Crippen molar-refractivity contribution < 1.29 is 14.5 Å². The van der Waals surface area contributed by atoms with Crippen LogP contribution >= 0.6 is 11.3 Å². The molecule has 0 unspecified atom stereocenters. The average Bonchev–Trinajstić information content (AvgIpc) is 2.75. The van der Waals surface area contributed by atoms with Crippen LogP contribution in [-0.2, 0) is 6.61 Å². The second kappa shape index (κ2) is 5.79. The van der Waals surface area contributed by atoms with E-state index in [-0.39, 0.29) is 23.6 Å². The lowest BCUT2D eigenvalue weighted by molar-refractivity contribution is -0.386. The van der Waals surface area contributed by atoms with Gasteiger partial charge in [0.05, 0.1) is 10.6 Å². The van der Waals surface area contributed by atoms with Crippen LogP contribution in [-0.4, -0.2) is 16.2 Å². The topological polar surface area (TPSA) is 82.3 Å². The summed E-state index contributed by atoms with van der Waals surface area (Å²) in [6.07, 6.45) is 0.560. The van der Waals surface area contributed by atoms with Gasteiger partial charge in [0.15, 0.2) is 5.75 Å². The summed E-state index contributed by atoms with van der Waals surface area (Å²) in [6, 6.07) is 4.10. The molecule has 0 spiro atoms. The van der Waals surface area contributed by atoms with E-state index in [0.29, 0.717) is 6.29 Å². The zero-order chi connectivity index (χ0) is 14.7. The molecule has 0 saturated carbocycles. The van der Waals surface area contributed by atoms with Crippen LogP contribution in [0.1, 0.15) is 25.9 Å². The van der Waals surface area contributed by atoms with Crippen molar-refractivity contribution in [2.24, 2.45) is 0 Å². The van der Waals surface area contributed by atoms with E-state index in [1.165, 1.54) is 29.5 Å². The summed E-state index contributed by atoms with van der Waals surface area (Å²) >= 11 is 1.49. The van der Waals surface area contributed by atoms with Crippen LogP contribution < -0.4 is 4.74 Å². The highest BCUT2D eigenvalue weighted by atomic mass is 32.1. The Morgan fingerprint density at radius 2 is 2.20 bits per heavy atom. The molecule has 0 atom stereocenters. The normalized spacial score (nSPS) is 10.3. The fourth-order valence-corrected chi connectivity index (χ4v) is 2.46. The molecule has 1 aromatic heterocycles. The first-order valence-electron chi connectivity index (χ1n) is 5.80. The van der Waals surface area contributed by atoms with Crippen molar-refractivity contribution in [3.05, 3.63) is 49.5 Å². The first-order valence-corrected chi connectivity index (χ1v) is 6.62. The number of benzene rings is 1. The molecule has 6 nitrogen and oxygen atoms in total. The number of carbonyl (C=O) groups is 1. The van der Waals surface area contributed by atoms with Gasteiger partial charge in [-0.3, -0.25) is 14.9 Å². The molecule has 7 heteroatoms. The molecule has 1 heterocycles. The third-order valence-electron chi connectivity index (χ3n) is 2.74. The molecule has 0 N–H and O–H groups in total. The van der Waals surface area contributed by atoms with Crippen LogP contribution in [0.25, 0.3) is 0 Å². The maximum atomic E-state index is 11.0. The van der Waals surface area contributed by atoms with E-state index < -0.39 is 4.92 Å². The Labute approximate surface area is 119 Å². The monoisotopic (exact) mass is 292 g/mol. The van der Waals surface area contributed by atoms with Crippen LogP contribution in [0, 0.1) is 24.0 Å². The summed E-state index contributed by atoms with van der Waals surface area (Å²) in [5.74, 6) is 0.131. The Balaban J connectivity index is 2.20. The number of aromatic nitrogens is 1. The number of nitro groups is 1. The summed E-state index contributed by atoms with van der Waals surface area (Å²) in [5.41, 5.74) is 0.948. The first kappa shape index (κ1) is 14.1. The summed E-state index contributed by atoms with van der Waals surface area (Å²) in [7, 11) is 0. The van der Waals surface area contributed by atoms with E-state index in [4.69, 9.17) is 4.74 Å². The molecule has 0 aliphatic heterocycles. The third-order valence-corrected chi connectivity index (χ3v) is 3.79. The number of rotatable bonds is 5. The minimum atomic E-state index is -0.569. The first-order chi connectivity index (χ1) is 9.51. The lowest BCUT2D eigenvalue weighted by Gasteiger charge is -2.05. The average molecular weight is 292 g/mol. The van der Waals surface area contributed by atoms with Gasteiger partial charge >= 0.3 is 5.69 Å². The fraction of sp³-hybridized carbons (Fsp3) is 0.231. The molecule has 2 aromatic rings. The van der Waals surface area contributed by atoms with Gasteiger partial charge in [0.1, 0.15) is 17.9 Å². The standard InChI is InChI=1S/C13H12N2O4S/c1-8-9(2)20-13(14-8)7-19-12-4-3-10(6-16)5-11(12)15(17)18/h3-6H,7H2,1-2H3. The highest BCUT2D eigenvalue weighted by Crippen LogP contribution is 2.29. The molecule has 104 valence electrons. The second-order valence-corrected chi connectivity index (χ2v) is 5.43. The predicted octanol–water partition coefficient (Wildman–Crippen LogP) is 3.06. The number of carbonyl (C=O) groups excluding carboxylic acids is 1. The van der Waals surface area contributed by atoms with Gasteiger partial charge in [0.25, 0.3) is 0 Å². The van der Waals surface area contributed by atoms with Gasteiger partial charge in [-0.15, -0.1) is 11.3 Å². The molecular weight excluding hydrogens is 280 g/mol. The largest absolute Gasteiger partial charge is 0.479 e. The van der Waals surface area contributed by atoms with E-state index >= 15 is 0 Å². The van der Waals surface area contributed by atoms with E-state index in [1.54, 1.807) is 0 Å². The number of aldehydes is 1. The molecule has 0 bridgehead atoms. The predicted molar refractivity (Wildman–Crippen MR) is 74.4 cm³/mol. The Morgan fingerprint density at radius 3 is 2.75 bits per heavy atom. The van der Waals surface area contributed by atoms with Gasteiger partial charge in [-0.1, -0.05) is 0 Å². The second-order valence-electron chi connectivity index (χ2n) is 4.14. The number of hydrogen-bond acceptors (Lipinski definition) is 6. The van der Waals surface area contributed by atoms with Crippen molar-refractivity contribution in [1.29, 1.82) is 0 Å². The van der Waals surface area contributed by atoms with Crippen LogP contribution in [0.2, 0.25) is 0 Å². The number of aryl methyl sites for hydroxylation is 2. The summed E-state index contributed by atoms with van der Waals surface area (Å²) < 4.78 is 5.44. The van der Waals surface area contributed by atoms with E-state index in [1.807, 2.05) is 13.8 Å². The maximum absolute atomic E-state index is 11.0. The fourth-order valence-electron chi connectivity index (χ4n) is 1.61. The lowest BCUT2D eigenvalue weighted by Crippen LogP contribution is -1.99. The van der Waals surface area contributed by atoms with Gasteiger partial charge in [-0.2, -0.15) is 0 Å². The molecular formula is C13H12N2O4S. The highest BCUT2D eigenvalue weighted by Gasteiger charge is 2.16. The molecule has 2 rings (SSSR count). The van der Waals surface area contributed by atoms with Crippen LogP contribution in [0.15, 0.2) is 18.2 Å². The van der Waals surface area contributed by atoms with E-state index in [0.717, 1.165) is 15.6 Å². The third kappa shape index (κ3) is 3.00. The van der Waals surface area contributed by atoms with Crippen molar-refractivity contribution in [2.45, 2.75) is 20.5 Å². The van der Waals surface area contributed by atoms with Crippen LogP contribution in [0.4, 0.5) is 5.69 Å². The molecule has 0 amide bonds. The Bertz CT molecular complexity index is 647. The number of nitro benzene ring substituents is 1. The Kier molecular flexibility index (Phi) is 4.09. The summed E-state index contributed by atoms with van der Waals surface area (Å²) in [6.45, 7) is 4.02. The van der Waals surface area contributed by atoms with Crippen molar-refractivity contribution in [3.63, 3.8) is 0 Å². The smallest absolute Gasteiger partial charge is 0.311 e. The number of thiazole rings is 1. The quantitative estimate of drug-likeness (QED) is 0.480. The molecule has 0 saturated heterocycles. The zero-order valence-corrected chi connectivity index (χ0v) is 11.8. The number of hydrogen-bond donors (Lipinski definition) is 0. The van der Waals surface area contributed by atoms with E-state index in [9.17, 15) is 14.9 Å². The van der Waals surface area contributed by atoms with Gasteiger partial charge in [0.2, 0.25) is 0 Å². The molecule has 0 aliphatic rings. The highest BCUT2D eigenvalue weighted by molar-refractivity contribution is 7.11. The molecule has 20 heavy (non-hydrogen) atoms. The summed E-state index contributed by atoms with van der Waals surface area (Å²) in [5, 5.41) is 11.7. The molecule has 0 radical (unpaired) electrons. The van der Waals surface area contributed by atoms with Gasteiger partial charge in [-0.25, -0.2) is 4.98 Å². The van der Waals surface area contributed by atoms with Gasteiger partial charge in [0, 0.05) is 16.5 Å². The van der Waals surface area contributed by atoms with Crippen LogP contribution in [0.3, 0.4) is 0 Å². The molecule has 0 aliphatic carbocycles. The van der Waals surface area contributed by atoms with Crippen molar-refractivity contribution in [3.8, 4) is 5.75 Å². The lowest BCUT2D eigenvalue weighted by atomic mass is 10.2. The van der Waals surface area contributed by atoms with Crippen molar-refractivity contribution in [2.75, 3.05) is 0 Å². The van der Waals surface area contributed by atoms with E-state index in [2.05, 4.69) is 4.98 Å². The number of nitrogens with zero attached hydrogens (tertiary/aromatic N) is 2. The van der Waals surface area contributed by atoms with Crippen molar-refractivity contribution in [1.82, 2.24) is 4.98 Å². The molecule has 0 fully saturated rings. The van der Waals surface area contributed by atoms with Crippen LogP contribution in [0.5, 0.6) is 5.75 Å². The minimum absolute atomic E-state index is 0.131. The number of ether oxygens (including phenoxy) is 1. The maximum Gasteiger partial charge on any atom is 0.311 e.